The predicted octanol–water partition coefficient (Wildman–Crippen LogP) is 1.71. The van der Waals surface area contributed by atoms with Gasteiger partial charge in [-0.25, -0.2) is 4.39 Å². The van der Waals surface area contributed by atoms with E-state index < -0.39 is 6.10 Å². The Bertz CT molecular complexity index is 571. The van der Waals surface area contributed by atoms with Crippen LogP contribution in [0.25, 0.3) is 0 Å². The van der Waals surface area contributed by atoms with Gasteiger partial charge in [0.1, 0.15) is 5.82 Å². The SMILES string of the molecule is CC(O)C1CCCCN1CC(=O)N1CCN(c2ccc(F)cc2)CC1. The number of carbonyl (C=O) groups excluding carboxylic acids is 1. The molecule has 2 saturated heterocycles. The first-order valence-electron chi connectivity index (χ1n) is 9.25. The van der Waals surface area contributed by atoms with Crippen molar-refractivity contribution in [3.63, 3.8) is 0 Å². The lowest BCUT2D eigenvalue weighted by Crippen LogP contribution is -2.54. The molecule has 2 heterocycles. The third-order valence-electron chi connectivity index (χ3n) is 5.38. The van der Waals surface area contributed by atoms with E-state index >= 15 is 0 Å². The van der Waals surface area contributed by atoms with Crippen LogP contribution in [0.5, 0.6) is 0 Å². The van der Waals surface area contributed by atoms with Crippen molar-refractivity contribution in [2.75, 3.05) is 44.2 Å². The number of benzene rings is 1. The fourth-order valence-corrected chi connectivity index (χ4v) is 3.90. The van der Waals surface area contributed by atoms with E-state index in [1.165, 1.54) is 12.1 Å². The highest BCUT2D eigenvalue weighted by Gasteiger charge is 2.30. The number of halogens is 1. The number of aliphatic hydroxyl groups is 1. The Morgan fingerprint density at radius 3 is 2.48 bits per heavy atom. The van der Waals surface area contributed by atoms with Crippen molar-refractivity contribution in [1.82, 2.24) is 9.80 Å². The second-order valence-corrected chi connectivity index (χ2v) is 7.12. The minimum absolute atomic E-state index is 0.0956. The van der Waals surface area contributed by atoms with Crippen molar-refractivity contribution in [3.8, 4) is 0 Å². The zero-order chi connectivity index (χ0) is 17.8. The highest BCUT2D eigenvalue weighted by atomic mass is 19.1. The number of amides is 1. The lowest BCUT2D eigenvalue weighted by atomic mass is 9.98. The third-order valence-corrected chi connectivity index (χ3v) is 5.38. The number of carbonyl (C=O) groups is 1. The van der Waals surface area contributed by atoms with Gasteiger partial charge >= 0.3 is 0 Å². The molecule has 1 aromatic rings. The summed E-state index contributed by atoms with van der Waals surface area (Å²) in [6.45, 7) is 5.99. The minimum Gasteiger partial charge on any atom is -0.392 e. The van der Waals surface area contributed by atoms with Gasteiger partial charge in [0.15, 0.2) is 0 Å². The summed E-state index contributed by atoms with van der Waals surface area (Å²) in [6, 6.07) is 6.61. The normalized spacial score (nSPS) is 23.6. The van der Waals surface area contributed by atoms with Gasteiger partial charge in [-0.15, -0.1) is 0 Å². The van der Waals surface area contributed by atoms with Crippen LogP contribution >= 0.6 is 0 Å². The number of anilines is 1. The molecule has 25 heavy (non-hydrogen) atoms. The maximum absolute atomic E-state index is 13.0. The van der Waals surface area contributed by atoms with Gasteiger partial charge in [-0.05, 0) is 50.6 Å². The van der Waals surface area contributed by atoms with Crippen LogP contribution in [0.4, 0.5) is 10.1 Å². The Morgan fingerprint density at radius 1 is 1.16 bits per heavy atom. The van der Waals surface area contributed by atoms with E-state index in [-0.39, 0.29) is 17.8 Å². The Kier molecular flexibility index (Phi) is 5.91. The van der Waals surface area contributed by atoms with Gasteiger partial charge in [-0.3, -0.25) is 9.69 Å². The molecule has 0 aliphatic carbocycles. The first-order valence-corrected chi connectivity index (χ1v) is 9.25. The Morgan fingerprint density at radius 2 is 1.84 bits per heavy atom. The van der Waals surface area contributed by atoms with Crippen LogP contribution in [0.15, 0.2) is 24.3 Å². The molecule has 0 spiro atoms. The molecule has 1 aromatic carbocycles. The van der Waals surface area contributed by atoms with Gasteiger partial charge in [0.25, 0.3) is 0 Å². The summed E-state index contributed by atoms with van der Waals surface area (Å²) < 4.78 is 13.0. The van der Waals surface area contributed by atoms with E-state index in [1.54, 1.807) is 12.1 Å². The fraction of sp³-hybridized carbons (Fsp3) is 0.632. The van der Waals surface area contributed by atoms with Crippen molar-refractivity contribution >= 4 is 11.6 Å². The van der Waals surface area contributed by atoms with Gasteiger partial charge in [-0.2, -0.15) is 0 Å². The number of hydrogen-bond acceptors (Lipinski definition) is 4. The van der Waals surface area contributed by atoms with E-state index in [0.29, 0.717) is 19.6 Å². The van der Waals surface area contributed by atoms with E-state index in [2.05, 4.69) is 9.80 Å². The molecule has 5 nitrogen and oxygen atoms in total. The van der Waals surface area contributed by atoms with E-state index in [1.807, 2.05) is 11.8 Å². The largest absolute Gasteiger partial charge is 0.392 e. The van der Waals surface area contributed by atoms with Gasteiger partial charge in [0.2, 0.25) is 5.91 Å². The Labute approximate surface area is 149 Å². The Balaban J connectivity index is 1.52. The van der Waals surface area contributed by atoms with Crippen LogP contribution in [0.1, 0.15) is 26.2 Å². The van der Waals surface area contributed by atoms with Crippen molar-refractivity contribution in [1.29, 1.82) is 0 Å². The number of nitrogens with zero attached hydrogens (tertiary/aromatic N) is 3. The van der Waals surface area contributed by atoms with Crippen molar-refractivity contribution in [2.24, 2.45) is 0 Å². The molecule has 0 aromatic heterocycles. The maximum Gasteiger partial charge on any atom is 0.236 e. The molecule has 2 fully saturated rings. The van der Waals surface area contributed by atoms with Crippen molar-refractivity contribution in [3.05, 3.63) is 30.1 Å². The lowest BCUT2D eigenvalue weighted by Gasteiger charge is -2.40. The number of likely N-dealkylation sites (tertiary alicyclic amines) is 1. The summed E-state index contributed by atoms with van der Waals surface area (Å²) in [4.78, 5) is 18.9. The highest BCUT2D eigenvalue weighted by molar-refractivity contribution is 5.78. The standard InChI is InChI=1S/C19H28FN3O2/c1-15(24)18-4-2-3-9-23(18)14-19(25)22-12-10-21(11-13-22)17-7-5-16(20)6-8-17/h5-8,15,18,24H,2-4,9-14H2,1H3. The zero-order valence-electron chi connectivity index (χ0n) is 14.9. The maximum atomic E-state index is 13.0. The summed E-state index contributed by atoms with van der Waals surface area (Å²) in [5.41, 5.74) is 0.999. The molecule has 3 rings (SSSR count). The number of aliphatic hydroxyl groups excluding tert-OH is 1. The van der Waals surface area contributed by atoms with Gasteiger partial charge in [0, 0.05) is 37.9 Å². The molecule has 1 N–H and O–H groups in total. The number of rotatable bonds is 4. The summed E-state index contributed by atoms with van der Waals surface area (Å²) in [6.07, 6.45) is 2.78. The van der Waals surface area contributed by atoms with E-state index in [0.717, 1.165) is 44.6 Å². The molecule has 2 aliphatic heterocycles. The molecule has 138 valence electrons. The molecule has 0 bridgehead atoms. The average Bonchev–Trinajstić information content (AvgIpc) is 2.63. The van der Waals surface area contributed by atoms with Crippen molar-refractivity contribution < 1.29 is 14.3 Å². The molecule has 2 aliphatic rings. The molecule has 2 atom stereocenters. The first-order chi connectivity index (χ1) is 12.0. The molecular formula is C19H28FN3O2. The predicted molar refractivity (Wildman–Crippen MR) is 96.1 cm³/mol. The minimum atomic E-state index is -0.400. The lowest BCUT2D eigenvalue weighted by molar-refractivity contribution is -0.134. The number of piperidine rings is 1. The second-order valence-electron chi connectivity index (χ2n) is 7.12. The number of hydrogen-bond donors (Lipinski definition) is 1. The monoisotopic (exact) mass is 349 g/mol. The molecule has 6 heteroatoms. The van der Waals surface area contributed by atoms with Crippen LogP contribution < -0.4 is 4.90 Å². The molecule has 1 amide bonds. The van der Waals surface area contributed by atoms with Crippen LogP contribution in [0, 0.1) is 5.82 Å². The summed E-state index contributed by atoms with van der Waals surface area (Å²) in [7, 11) is 0. The van der Waals surface area contributed by atoms with Crippen LogP contribution in [-0.4, -0.2) is 72.2 Å². The van der Waals surface area contributed by atoms with E-state index in [4.69, 9.17) is 0 Å². The highest BCUT2D eigenvalue weighted by Crippen LogP contribution is 2.21. The van der Waals surface area contributed by atoms with Crippen LogP contribution in [-0.2, 0) is 4.79 Å². The van der Waals surface area contributed by atoms with Gasteiger partial charge in [-0.1, -0.05) is 6.42 Å². The van der Waals surface area contributed by atoms with Crippen LogP contribution in [0.3, 0.4) is 0 Å². The summed E-state index contributed by atoms with van der Waals surface area (Å²) in [5.74, 6) is -0.0851. The van der Waals surface area contributed by atoms with Gasteiger partial charge < -0.3 is 14.9 Å². The molecule has 0 saturated carbocycles. The van der Waals surface area contributed by atoms with Crippen LogP contribution in [0.2, 0.25) is 0 Å². The zero-order valence-corrected chi connectivity index (χ0v) is 14.9. The average molecular weight is 349 g/mol. The topological polar surface area (TPSA) is 47.0 Å². The summed E-state index contributed by atoms with van der Waals surface area (Å²) >= 11 is 0. The third kappa shape index (κ3) is 4.50. The smallest absolute Gasteiger partial charge is 0.236 e. The Hall–Kier alpha value is -1.66. The second kappa shape index (κ2) is 8.15. The van der Waals surface area contributed by atoms with E-state index in [9.17, 15) is 14.3 Å². The molecule has 0 radical (unpaired) electrons. The fourth-order valence-electron chi connectivity index (χ4n) is 3.90. The summed E-state index contributed by atoms with van der Waals surface area (Å²) in [5, 5.41) is 9.95. The molecule has 2 unspecified atom stereocenters. The number of piperazine rings is 1. The van der Waals surface area contributed by atoms with Gasteiger partial charge in [0.05, 0.1) is 12.6 Å². The van der Waals surface area contributed by atoms with Crippen molar-refractivity contribution in [2.45, 2.75) is 38.3 Å². The quantitative estimate of drug-likeness (QED) is 0.899. The molecular weight excluding hydrogens is 321 g/mol. The first kappa shape index (κ1) is 18.1.